The quantitative estimate of drug-likeness (QED) is 0.872. The predicted octanol–water partition coefficient (Wildman–Crippen LogP) is 3.31. The molecule has 18 heavy (non-hydrogen) atoms. The van der Waals surface area contributed by atoms with Crippen molar-refractivity contribution in [1.29, 1.82) is 0 Å². The van der Waals surface area contributed by atoms with Gasteiger partial charge in [0.25, 0.3) is 0 Å². The first-order chi connectivity index (χ1) is 8.70. The van der Waals surface area contributed by atoms with Gasteiger partial charge in [0.2, 0.25) is 0 Å². The molecule has 0 radical (unpaired) electrons. The number of rotatable bonds is 4. The van der Waals surface area contributed by atoms with E-state index in [1.807, 2.05) is 44.6 Å². The maximum atomic E-state index is 6.21. The van der Waals surface area contributed by atoms with E-state index in [0.717, 1.165) is 32.7 Å². The van der Waals surface area contributed by atoms with Crippen LogP contribution in [0.15, 0.2) is 40.6 Å². The van der Waals surface area contributed by atoms with Gasteiger partial charge in [-0.2, -0.15) is 0 Å². The first-order valence-corrected chi connectivity index (χ1v) is 6.78. The molecule has 2 rings (SSSR count). The minimum absolute atomic E-state index is 0.730. The van der Waals surface area contributed by atoms with Crippen LogP contribution in [0.1, 0.15) is 11.1 Å². The molecule has 0 saturated heterocycles. The van der Waals surface area contributed by atoms with E-state index in [1.165, 1.54) is 11.8 Å². The molecule has 0 unspecified atom stereocenters. The van der Waals surface area contributed by atoms with Crippen LogP contribution >= 0.6 is 23.4 Å². The van der Waals surface area contributed by atoms with Crippen LogP contribution in [0.4, 0.5) is 0 Å². The third-order valence-corrected chi connectivity index (χ3v) is 3.74. The molecule has 0 atom stereocenters. The molecular weight excluding hydrogens is 266 g/mol. The van der Waals surface area contributed by atoms with Gasteiger partial charge >= 0.3 is 0 Å². The maximum Gasteiger partial charge on any atom is 0.192 e. The summed E-state index contributed by atoms with van der Waals surface area (Å²) in [5.41, 5.74) is 2.14. The zero-order valence-electron chi connectivity index (χ0n) is 10.3. The van der Waals surface area contributed by atoms with Crippen molar-refractivity contribution in [2.24, 2.45) is 0 Å². The lowest BCUT2D eigenvalue weighted by atomic mass is 10.2. The zero-order valence-corrected chi connectivity index (χ0v) is 11.8. The van der Waals surface area contributed by atoms with Gasteiger partial charge in [0.15, 0.2) is 5.16 Å². The molecular formula is C13H14ClN3S. The molecule has 0 aliphatic carbocycles. The van der Waals surface area contributed by atoms with Crippen LogP contribution in [-0.2, 0) is 6.54 Å². The molecule has 1 heterocycles. The topological polar surface area (TPSA) is 37.8 Å². The molecule has 0 saturated carbocycles. The van der Waals surface area contributed by atoms with Gasteiger partial charge < -0.3 is 5.32 Å². The van der Waals surface area contributed by atoms with E-state index in [-0.39, 0.29) is 0 Å². The van der Waals surface area contributed by atoms with Crippen LogP contribution in [-0.4, -0.2) is 17.0 Å². The fourth-order valence-electron chi connectivity index (χ4n) is 1.51. The Bertz CT molecular complexity index is 528. The maximum absolute atomic E-state index is 6.21. The monoisotopic (exact) mass is 279 g/mol. The van der Waals surface area contributed by atoms with Crippen molar-refractivity contribution in [3.8, 4) is 0 Å². The average molecular weight is 280 g/mol. The highest BCUT2D eigenvalue weighted by Gasteiger charge is 2.09. The van der Waals surface area contributed by atoms with Crippen LogP contribution in [0.5, 0.6) is 0 Å². The molecule has 0 aliphatic heterocycles. The molecule has 0 amide bonds. The Balaban J connectivity index is 2.28. The third-order valence-electron chi connectivity index (χ3n) is 2.39. The molecule has 5 heteroatoms. The molecule has 0 fully saturated rings. The summed E-state index contributed by atoms with van der Waals surface area (Å²) in [6.45, 7) is 2.70. The molecule has 1 aromatic carbocycles. The SMILES string of the molecule is CNCc1c(Cl)cccc1Sc1ncc(C)cn1. The average Bonchev–Trinajstić information content (AvgIpc) is 2.36. The van der Waals surface area contributed by atoms with Crippen molar-refractivity contribution in [3.05, 3.63) is 46.7 Å². The Morgan fingerprint density at radius 2 is 2.00 bits per heavy atom. The van der Waals surface area contributed by atoms with Crippen molar-refractivity contribution in [3.63, 3.8) is 0 Å². The molecule has 0 bridgehead atoms. The van der Waals surface area contributed by atoms with E-state index in [4.69, 9.17) is 11.6 Å². The van der Waals surface area contributed by atoms with E-state index in [1.54, 1.807) is 0 Å². The number of hydrogen-bond donors (Lipinski definition) is 1. The smallest absolute Gasteiger partial charge is 0.192 e. The van der Waals surface area contributed by atoms with Gasteiger partial charge in [-0.3, -0.25) is 0 Å². The highest BCUT2D eigenvalue weighted by molar-refractivity contribution is 7.99. The Kier molecular flexibility index (Phi) is 4.58. The fraction of sp³-hybridized carbons (Fsp3) is 0.231. The van der Waals surface area contributed by atoms with E-state index in [0.29, 0.717) is 0 Å². The summed E-state index contributed by atoms with van der Waals surface area (Å²) < 4.78 is 0. The normalized spacial score (nSPS) is 10.6. The molecule has 2 aromatic rings. The largest absolute Gasteiger partial charge is 0.316 e. The summed E-state index contributed by atoms with van der Waals surface area (Å²) in [4.78, 5) is 9.67. The second kappa shape index (κ2) is 6.18. The second-order valence-corrected chi connectivity index (χ2v) is 5.31. The van der Waals surface area contributed by atoms with Crippen molar-refractivity contribution in [2.75, 3.05) is 7.05 Å². The lowest BCUT2D eigenvalue weighted by Gasteiger charge is -2.09. The van der Waals surface area contributed by atoms with Gasteiger partial charge in [-0.05, 0) is 49.0 Å². The van der Waals surface area contributed by atoms with Gasteiger partial charge in [0, 0.05) is 28.9 Å². The number of hydrogen-bond acceptors (Lipinski definition) is 4. The number of aryl methyl sites for hydroxylation is 1. The second-order valence-electron chi connectivity index (χ2n) is 3.89. The molecule has 0 aliphatic rings. The van der Waals surface area contributed by atoms with Crippen LogP contribution in [0.3, 0.4) is 0 Å². The van der Waals surface area contributed by atoms with E-state index >= 15 is 0 Å². The van der Waals surface area contributed by atoms with Crippen molar-refractivity contribution in [1.82, 2.24) is 15.3 Å². The van der Waals surface area contributed by atoms with Crippen molar-refractivity contribution >= 4 is 23.4 Å². The molecule has 1 N–H and O–H groups in total. The van der Waals surface area contributed by atoms with Crippen LogP contribution < -0.4 is 5.32 Å². The zero-order chi connectivity index (χ0) is 13.0. The lowest BCUT2D eigenvalue weighted by molar-refractivity contribution is 0.802. The number of aromatic nitrogens is 2. The highest BCUT2D eigenvalue weighted by Crippen LogP contribution is 2.31. The van der Waals surface area contributed by atoms with Gasteiger partial charge in [0.05, 0.1) is 0 Å². The summed E-state index contributed by atoms with van der Waals surface area (Å²) in [5, 5.41) is 4.62. The molecule has 94 valence electrons. The van der Waals surface area contributed by atoms with E-state index < -0.39 is 0 Å². The molecule has 1 aromatic heterocycles. The van der Waals surface area contributed by atoms with Gasteiger partial charge in [-0.25, -0.2) is 9.97 Å². The summed E-state index contributed by atoms with van der Waals surface area (Å²) >= 11 is 7.74. The Morgan fingerprint density at radius 1 is 1.28 bits per heavy atom. The molecule has 3 nitrogen and oxygen atoms in total. The molecule has 0 spiro atoms. The van der Waals surface area contributed by atoms with E-state index in [2.05, 4.69) is 15.3 Å². The Hall–Kier alpha value is -1.10. The Labute approximate surface area is 116 Å². The summed E-state index contributed by atoms with van der Waals surface area (Å²) in [6, 6.07) is 5.87. The number of nitrogens with one attached hydrogen (secondary N) is 1. The predicted molar refractivity (Wildman–Crippen MR) is 75.1 cm³/mol. The van der Waals surface area contributed by atoms with Crippen molar-refractivity contribution in [2.45, 2.75) is 23.5 Å². The van der Waals surface area contributed by atoms with Gasteiger partial charge in [-0.1, -0.05) is 17.7 Å². The number of benzene rings is 1. The minimum atomic E-state index is 0.730. The van der Waals surface area contributed by atoms with Crippen LogP contribution in [0.2, 0.25) is 5.02 Å². The highest BCUT2D eigenvalue weighted by atomic mass is 35.5. The lowest BCUT2D eigenvalue weighted by Crippen LogP contribution is -2.06. The summed E-state index contributed by atoms with van der Waals surface area (Å²) in [5.74, 6) is 0. The number of halogens is 1. The minimum Gasteiger partial charge on any atom is -0.316 e. The van der Waals surface area contributed by atoms with Gasteiger partial charge in [0.1, 0.15) is 0 Å². The Morgan fingerprint density at radius 3 is 2.67 bits per heavy atom. The third kappa shape index (κ3) is 3.22. The van der Waals surface area contributed by atoms with E-state index in [9.17, 15) is 0 Å². The van der Waals surface area contributed by atoms with Crippen LogP contribution in [0, 0.1) is 6.92 Å². The first kappa shape index (κ1) is 13.3. The first-order valence-electron chi connectivity index (χ1n) is 5.59. The van der Waals surface area contributed by atoms with Crippen LogP contribution in [0.25, 0.3) is 0 Å². The fourth-order valence-corrected chi connectivity index (χ4v) is 2.67. The van der Waals surface area contributed by atoms with Gasteiger partial charge in [-0.15, -0.1) is 0 Å². The summed E-state index contributed by atoms with van der Waals surface area (Å²) in [7, 11) is 1.90. The van der Waals surface area contributed by atoms with Crippen molar-refractivity contribution < 1.29 is 0 Å². The number of nitrogens with zero attached hydrogens (tertiary/aromatic N) is 2. The standard InChI is InChI=1S/C13H14ClN3S/c1-9-6-16-13(17-7-9)18-12-5-3-4-11(14)10(12)8-15-2/h3-7,15H,8H2,1-2H3. The summed E-state index contributed by atoms with van der Waals surface area (Å²) in [6.07, 6.45) is 3.63.